The molecule has 0 atom stereocenters. The molecule has 0 aromatic carbocycles. The summed E-state index contributed by atoms with van der Waals surface area (Å²) in [5.41, 5.74) is 2.57. The van der Waals surface area contributed by atoms with Crippen molar-refractivity contribution < 1.29 is 13.2 Å². The van der Waals surface area contributed by atoms with E-state index in [9.17, 15) is 13.2 Å². The molecule has 0 aliphatic heterocycles. The molecule has 0 spiro atoms. The van der Waals surface area contributed by atoms with Crippen molar-refractivity contribution in [2.45, 2.75) is 24.0 Å². The molecule has 0 radical (unpaired) electrons. The number of nitrogens with two attached hydrogens (primary N) is 1. The van der Waals surface area contributed by atoms with E-state index >= 15 is 0 Å². The van der Waals surface area contributed by atoms with E-state index < -0.39 is 12.0 Å². The van der Waals surface area contributed by atoms with E-state index in [0.29, 0.717) is 16.1 Å². The molecule has 22 heavy (non-hydrogen) atoms. The molecule has 0 aliphatic rings. The lowest BCUT2D eigenvalue weighted by molar-refractivity contribution is -0.146. The van der Waals surface area contributed by atoms with Gasteiger partial charge in [-0.25, -0.2) is 9.66 Å². The molecule has 0 saturated carbocycles. The van der Waals surface area contributed by atoms with Crippen LogP contribution in [-0.4, -0.2) is 24.3 Å². The fraction of sp³-hybridized carbons (Fsp3) is 0.250. The summed E-state index contributed by atoms with van der Waals surface area (Å²) in [5, 5.41) is 6.52. The van der Waals surface area contributed by atoms with Gasteiger partial charge in [0.05, 0.1) is 5.69 Å². The summed E-state index contributed by atoms with van der Waals surface area (Å²) >= 11 is 1.05. The quantitative estimate of drug-likeness (QED) is 0.590. The highest BCUT2D eigenvalue weighted by Crippen LogP contribution is 2.29. The molecule has 0 aliphatic carbocycles. The van der Waals surface area contributed by atoms with Crippen molar-refractivity contribution in [3.63, 3.8) is 0 Å². The van der Waals surface area contributed by atoms with Crippen molar-refractivity contribution in [1.29, 1.82) is 0 Å². The zero-order valence-corrected chi connectivity index (χ0v) is 12.2. The van der Waals surface area contributed by atoms with Gasteiger partial charge >= 0.3 is 6.18 Å². The Morgan fingerprint density at radius 2 is 2.00 bits per heavy atom. The van der Waals surface area contributed by atoms with E-state index in [1.54, 1.807) is 0 Å². The molecule has 0 bridgehead atoms. The smallest absolute Gasteiger partial charge is 0.335 e. The third-order valence-electron chi connectivity index (χ3n) is 2.92. The third kappa shape index (κ3) is 2.73. The fourth-order valence-electron chi connectivity index (χ4n) is 1.93. The van der Waals surface area contributed by atoms with Gasteiger partial charge in [-0.3, -0.25) is 0 Å². The molecule has 3 heterocycles. The summed E-state index contributed by atoms with van der Waals surface area (Å²) in [4.78, 5) is 4.38. The van der Waals surface area contributed by atoms with Gasteiger partial charge in [-0.05, 0) is 18.6 Å². The van der Waals surface area contributed by atoms with E-state index in [-0.39, 0.29) is 5.16 Å². The Morgan fingerprint density at radius 1 is 1.23 bits per heavy atom. The van der Waals surface area contributed by atoms with Gasteiger partial charge in [0.25, 0.3) is 5.82 Å². The van der Waals surface area contributed by atoms with Crippen molar-refractivity contribution >= 4 is 17.4 Å². The van der Waals surface area contributed by atoms with Gasteiger partial charge < -0.3 is 10.2 Å². The molecule has 6 nitrogen and oxygen atoms in total. The van der Waals surface area contributed by atoms with Crippen LogP contribution in [-0.2, 0) is 11.9 Å². The van der Waals surface area contributed by atoms with Crippen LogP contribution in [0.5, 0.6) is 0 Å². The Labute approximate surface area is 127 Å². The zero-order valence-electron chi connectivity index (χ0n) is 11.4. The Balaban J connectivity index is 1.78. The second-order valence-electron chi connectivity index (χ2n) is 4.67. The minimum Gasteiger partial charge on any atom is -0.335 e. The number of aryl methyl sites for hydroxylation is 1. The second kappa shape index (κ2) is 5.20. The largest absolute Gasteiger partial charge is 0.453 e. The van der Waals surface area contributed by atoms with Crippen LogP contribution >= 0.6 is 11.8 Å². The zero-order chi connectivity index (χ0) is 15.9. The fourth-order valence-corrected chi connectivity index (χ4v) is 2.67. The number of nitrogens with zero attached hydrogens (tertiary/aromatic N) is 5. The lowest BCUT2D eigenvalue weighted by Crippen LogP contribution is -2.21. The van der Waals surface area contributed by atoms with Crippen LogP contribution in [0.3, 0.4) is 0 Å². The third-order valence-corrected chi connectivity index (χ3v) is 3.89. The van der Waals surface area contributed by atoms with Gasteiger partial charge in [0.2, 0.25) is 5.16 Å². The van der Waals surface area contributed by atoms with E-state index in [1.807, 2.05) is 35.9 Å². The van der Waals surface area contributed by atoms with Gasteiger partial charge in [0, 0.05) is 18.1 Å². The highest BCUT2D eigenvalue weighted by Gasteiger charge is 2.38. The summed E-state index contributed by atoms with van der Waals surface area (Å²) in [6.07, 6.45) is -0.887. The Morgan fingerprint density at radius 3 is 2.68 bits per heavy atom. The number of pyridine rings is 1. The number of hydrogen-bond donors (Lipinski definition) is 1. The number of thioether (sulfide) groups is 1. The van der Waals surface area contributed by atoms with E-state index in [4.69, 9.17) is 5.84 Å². The lowest BCUT2D eigenvalue weighted by Gasteiger charge is -2.05. The van der Waals surface area contributed by atoms with E-state index in [2.05, 4.69) is 15.2 Å². The average molecular weight is 328 g/mol. The molecule has 3 aromatic rings. The maximum Gasteiger partial charge on any atom is 0.453 e. The topological polar surface area (TPSA) is 74.0 Å². The number of hydrogen-bond acceptors (Lipinski definition) is 5. The first-order valence-corrected chi connectivity index (χ1v) is 7.18. The van der Waals surface area contributed by atoms with Crippen molar-refractivity contribution in [1.82, 2.24) is 24.3 Å². The first-order chi connectivity index (χ1) is 10.3. The molecule has 0 amide bonds. The van der Waals surface area contributed by atoms with Crippen LogP contribution in [0.1, 0.15) is 17.1 Å². The van der Waals surface area contributed by atoms with Gasteiger partial charge in [-0.15, -0.1) is 10.2 Å². The number of nitrogen functional groups attached to an aromatic ring is 1. The first-order valence-electron chi connectivity index (χ1n) is 6.19. The van der Waals surface area contributed by atoms with Crippen LogP contribution < -0.4 is 5.84 Å². The van der Waals surface area contributed by atoms with Crippen LogP contribution in [0.4, 0.5) is 13.2 Å². The Bertz CT molecular complexity index is 822. The Kier molecular flexibility index (Phi) is 3.47. The number of rotatable bonds is 3. The van der Waals surface area contributed by atoms with Gasteiger partial charge in [0.15, 0.2) is 0 Å². The molecule has 0 fully saturated rings. The number of alkyl halides is 3. The van der Waals surface area contributed by atoms with Crippen LogP contribution in [0, 0.1) is 6.92 Å². The number of aromatic nitrogens is 5. The summed E-state index contributed by atoms with van der Waals surface area (Å²) in [6, 6.07) is 3.81. The molecule has 0 unspecified atom stereocenters. The standard InChI is InChI=1S/C12H11F3N6S/c1-7-2-3-9-17-8(5-20(9)4-7)6-22-11-19-18-10(21(11)16)12(13,14)15/h2-5H,6,16H2,1H3. The molecule has 0 saturated heterocycles. The number of fused-ring (bicyclic) bond motifs is 1. The molecule has 3 aromatic heterocycles. The highest BCUT2D eigenvalue weighted by atomic mass is 32.2. The SMILES string of the molecule is Cc1ccc2nc(CSc3nnc(C(F)(F)F)n3N)cn2c1. The van der Waals surface area contributed by atoms with Crippen molar-refractivity contribution in [3.8, 4) is 0 Å². The summed E-state index contributed by atoms with van der Waals surface area (Å²) in [7, 11) is 0. The summed E-state index contributed by atoms with van der Waals surface area (Å²) in [6.45, 7) is 1.96. The molecule has 10 heteroatoms. The van der Waals surface area contributed by atoms with Gasteiger partial charge in [-0.1, -0.05) is 17.8 Å². The molecular formula is C12H11F3N6S. The van der Waals surface area contributed by atoms with E-state index in [1.165, 1.54) is 0 Å². The van der Waals surface area contributed by atoms with Crippen LogP contribution in [0.2, 0.25) is 0 Å². The highest BCUT2D eigenvalue weighted by molar-refractivity contribution is 7.98. The van der Waals surface area contributed by atoms with Gasteiger partial charge in [0.1, 0.15) is 5.65 Å². The minimum absolute atomic E-state index is 0.0134. The second-order valence-corrected chi connectivity index (χ2v) is 5.61. The van der Waals surface area contributed by atoms with Crippen LogP contribution in [0.15, 0.2) is 29.7 Å². The van der Waals surface area contributed by atoms with Crippen LogP contribution in [0.25, 0.3) is 5.65 Å². The predicted octanol–water partition coefficient (Wildman–Crippen LogP) is 2.26. The lowest BCUT2D eigenvalue weighted by atomic mass is 10.3. The van der Waals surface area contributed by atoms with Crippen molar-refractivity contribution in [2.24, 2.45) is 0 Å². The maximum atomic E-state index is 12.6. The number of halogens is 3. The minimum atomic E-state index is -4.62. The Hall–Kier alpha value is -2.23. The maximum absolute atomic E-state index is 12.6. The summed E-state index contributed by atoms with van der Waals surface area (Å²) in [5.74, 6) is 4.49. The predicted molar refractivity (Wildman–Crippen MR) is 74.7 cm³/mol. The molecule has 3 rings (SSSR count). The first kappa shape index (κ1) is 14.7. The van der Waals surface area contributed by atoms with E-state index in [0.717, 1.165) is 23.0 Å². The monoisotopic (exact) mass is 328 g/mol. The average Bonchev–Trinajstić information content (AvgIpc) is 2.98. The number of imidazole rings is 1. The van der Waals surface area contributed by atoms with Crippen molar-refractivity contribution in [2.75, 3.05) is 5.84 Å². The van der Waals surface area contributed by atoms with Crippen molar-refractivity contribution in [3.05, 3.63) is 41.6 Å². The van der Waals surface area contributed by atoms with Gasteiger partial charge in [-0.2, -0.15) is 13.2 Å². The molecular weight excluding hydrogens is 317 g/mol. The molecule has 116 valence electrons. The summed E-state index contributed by atoms with van der Waals surface area (Å²) < 4.78 is 40.0. The normalized spacial score (nSPS) is 12.2. The molecule has 2 N–H and O–H groups in total.